The molecule has 1 aliphatic rings. The quantitative estimate of drug-likeness (QED) is 0.352. The Bertz CT molecular complexity index is 1420. The Balaban J connectivity index is 1.54. The molecule has 0 unspecified atom stereocenters. The molecular weight excluding hydrogens is 482 g/mol. The summed E-state index contributed by atoms with van der Waals surface area (Å²) in [4.78, 5) is 51.7. The first kappa shape index (κ1) is 24.7. The molecule has 0 radical (unpaired) electrons. The van der Waals surface area contributed by atoms with E-state index in [1.54, 1.807) is 37.3 Å². The van der Waals surface area contributed by atoms with Crippen molar-refractivity contribution in [2.24, 2.45) is 0 Å². The van der Waals surface area contributed by atoms with Crippen molar-refractivity contribution in [3.63, 3.8) is 0 Å². The smallest absolute Gasteiger partial charge is 0.338 e. The van der Waals surface area contributed by atoms with Gasteiger partial charge in [0.25, 0.3) is 17.7 Å². The molecule has 0 aliphatic carbocycles. The fraction of sp³-hybridized carbons (Fsp3) is 0.111. The summed E-state index contributed by atoms with van der Waals surface area (Å²) in [6.45, 7) is 3.76. The molecule has 3 aromatic carbocycles. The third kappa shape index (κ3) is 4.99. The Morgan fingerprint density at radius 1 is 0.917 bits per heavy atom. The van der Waals surface area contributed by atoms with Crippen LogP contribution < -0.4 is 15.5 Å². The molecule has 2 N–H and O–H groups in total. The van der Waals surface area contributed by atoms with Gasteiger partial charge in [0.1, 0.15) is 10.7 Å². The van der Waals surface area contributed by atoms with E-state index in [-0.39, 0.29) is 34.5 Å². The third-order valence-corrected chi connectivity index (χ3v) is 5.78. The highest BCUT2D eigenvalue weighted by atomic mass is 35.5. The average Bonchev–Trinajstić information content (AvgIpc) is 3.08. The first-order valence-corrected chi connectivity index (χ1v) is 11.5. The van der Waals surface area contributed by atoms with E-state index < -0.39 is 17.8 Å². The number of para-hydroxylation sites is 1. The molecule has 1 heterocycles. The van der Waals surface area contributed by atoms with Crippen LogP contribution in [-0.4, -0.2) is 30.3 Å². The number of rotatable bonds is 7. The molecule has 0 bridgehead atoms. The van der Waals surface area contributed by atoms with Crippen LogP contribution in [0.2, 0.25) is 0 Å². The van der Waals surface area contributed by atoms with Crippen LogP contribution in [0, 0.1) is 6.92 Å². The van der Waals surface area contributed by atoms with Crippen LogP contribution in [0.25, 0.3) is 0 Å². The van der Waals surface area contributed by atoms with E-state index in [0.717, 1.165) is 10.5 Å². The van der Waals surface area contributed by atoms with Gasteiger partial charge in [0.2, 0.25) is 0 Å². The number of carbonyl (C=O) groups is 4. The van der Waals surface area contributed by atoms with E-state index in [1.165, 1.54) is 24.3 Å². The Hall–Kier alpha value is -4.43. The second kappa shape index (κ2) is 10.5. The highest BCUT2D eigenvalue weighted by molar-refractivity contribution is 6.53. The summed E-state index contributed by atoms with van der Waals surface area (Å²) >= 11 is 6.23. The standard InChI is InChI=1S/C27H22ClN3O5/c1-3-36-27(35)18-10-7-12-20(15-18)31-25(33)22(28)23(26(31)34)29-19-11-6-9-17(14-19)24(32)30-21-13-5-4-8-16(21)2/h4-15,29H,3H2,1-2H3,(H,30,32). The fourth-order valence-corrected chi connectivity index (χ4v) is 3.84. The summed E-state index contributed by atoms with van der Waals surface area (Å²) in [6.07, 6.45) is 0. The minimum atomic E-state index is -0.737. The highest BCUT2D eigenvalue weighted by Gasteiger charge is 2.39. The van der Waals surface area contributed by atoms with Gasteiger partial charge in [-0.3, -0.25) is 14.4 Å². The van der Waals surface area contributed by atoms with Gasteiger partial charge in [0.15, 0.2) is 0 Å². The number of imide groups is 1. The van der Waals surface area contributed by atoms with E-state index in [9.17, 15) is 19.2 Å². The number of hydrogen-bond acceptors (Lipinski definition) is 6. The largest absolute Gasteiger partial charge is 0.462 e. The van der Waals surface area contributed by atoms with E-state index in [1.807, 2.05) is 25.1 Å². The predicted molar refractivity (Wildman–Crippen MR) is 137 cm³/mol. The van der Waals surface area contributed by atoms with Gasteiger partial charge in [0, 0.05) is 16.9 Å². The van der Waals surface area contributed by atoms with Gasteiger partial charge in [-0.2, -0.15) is 0 Å². The van der Waals surface area contributed by atoms with Crippen LogP contribution in [-0.2, 0) is 14.3 Å². The van der Waals surface area contributed by atoms with Gasteiger partial charge in [-0.15, -0.1) is 0 Å². The number of carbonyl (C=O) groups excluding carboxylic acids is 4. The summed E-state index contributed by atoms with van der Waals surface area (Å²) in [6, 6.07) is 19.8. The van der Waals surface area contributed by atoms with Crippen molar-refractivity contribution in [3.8, 4) is 0 Å². The molecule has 3 aromatic rings. The Morgan fingerprint density at radius 2 is 1.64 bits per heavy atom. The number of amides is 3. The normalized spacial score (nSPS) is 13.1. The maximum Gasteiger partial charge on any atom is 0.338 e. The number of anilines is 3. The summed E-state index contributed by atoms with van der Waals surface area (Å²) in [7, 11) is 0. The minimum absolute atomic E-state index is 0.139. The zero-order valence-corrected chi connectivity index (χ0v) is 20.3. The van der Waals surface area contributed by atoms with Crippen molar-refractivity contribution in [3.05, 3.63) is 100 Å². The summed E-state index contributed by atoms with van der Waals surface area (Å²) in [5, 5.41) is 5.41. The molecule has 8 nitrogen and oxygen atoms in total. The van der Waals surface area contributed by atoms with Crippen molar-refractivity contribution in [1.82, 2.24) is 0 Å². The number of halogens is 1. The zero-order valence-electron chi connectivity index (χ0n) is 19.5. The molecule has 0 aromatic heterocycles. The molecule has 182 valence electrons. The van der Waals surface area contributed by atoms with E-state index in [0.29, 0.717) is 16.9 Å². The van der Waals surface area contributed by atoms with E-state index in [4.69, 9.17) is 16.3 Å². The van der Waals surface area contributed by atoms with Crippen molar-refractivity contribution >= 4 is 52.4 Å². The lowest BCUT2D eigenvalue weighted by molar-refractivity contribution is -0.120. The van der Waals surface area contributed by atoms with Gasteiger partial charge in [-0.1, -0.05) is 41.9 Å². The van der Waals surface area contributed by atoms with Crippen LogP contribution in [0.15, 0.2) is 83.5 Å². The van der Waals surface area contributed by atoms with Gasteiger partial charge in [-0.25, -0.2) is 9.69 Å². The van der Waals surface area contributed by atoms with Crippen molar-refractivity contribution in [2.75, 3.05) is 22.1 Å². The van der Waals surface area contributed by atoms with E-state index >= 15 is 0 Å². The molecule has 36 heavy (non-hydrogen) atoms. The number of nitrogens with zero attached hydrogens (tertiary/aromatic N) is 1. The van der Waals surface area contributed by atoms with Crippen LogP contribution >= 0.6 is 11.6 Å². The minimum Gasteiger partial charge on any atom is -0.462 e. The monoisotopic (exact) mass is 503 g/mol. The molecule has 0 atom stereocenters. The maximum atomic E-state index is 13.1. The van der Waals surface area contributed by atoms with Crippen LogP contribution in [0.5, 0.6) is 0 Å². The Labute approximate surface area is 212 Å². The Morgan fingerprint density at radius 3 is 2.39 bits per heavy atom. The predicted octanol–water partition coefficient (Wildman–Crippen LogP) is 4.86. The fourth-order valence-electron chi connectivity index (χ4n) is 3.62. The lowest BCUT2D eigenvalue weighted by atomic mass is 10.1. The topological polar surface area (TPSA) is 105 Å². The number of ether oxygens (including phenoxy) is 1. The second-order valence-corrected chi connectivity index (χ2v) is 8.26. The van der Waals surface area contributed by atoms with Gasteiger partial charge in [-0.05, 0) is 61.9 Å². The first-order valence-electron chi connectivity index (χ1n) is 11.1. The molecule has 1 aliphatic heterocycles. The zero-order chi connectivity index (χ0) is 25.8. The maximum absolute atomic E-state index is 13.1. The number of benzene rings is 3. The van der Waals surface area contributed by atoms with E-state index in [2.05, 4.69) is 10.6 Å². The number of nitrogens with one attached hydrogen (secondary N) is 2. The number of aryl methyl sites for hydroxylation is 1. The van der Waals surface area contributed by atoms with Crippen LogP contribution in [0.3, 0.4) is 0 Å². The first-order chi connectivity index (χ1) is 17.3. The summed E-state index contributed by atoms with van der Waals surface area (Å²) in [5.41, 5.74) is 2.57. The molecular formula is C27H22ClN3O5. The molecule has 0 saturated carbocycles. The lowest BCUT2D eigenvalue weighted by Crippen LogP contribution is -2.32. The molecule has 3 amide bonds. The number of esters is 1. The van der Waals surface area contributed by atoms with Crippen molar-refractivity contribution < 1.29 is 23.9 Å². The Kier molecular flexibility index (Phi) is 7.17. The van der Waals surface area contributed by atoms with Crippen LogP contribution in [0.1, 0.15) is 33.2 Å². The second-order valence-electron chi connectivity index (χ2n) is 7.88. The molecule has 0 saturated heterocycles. The summed E-state index contributed by atoms with van der Waals surface area (Å²) in [5.74, 6) is -2.34. The van der Waals surface area contributed by atoms with Crippen molar-refractivity contribution in [1.29, 1.82) is 0 Å². The van der Waals surface area contributed by atoms with Crippen LogP contribution in [0.4, 0.5) is 17.1 Å². The molecule has 4 rings (SSSR count). The van der Waals surface area contributed by atoms with Gasteiger partial charge >= 0.3 is 5.97 Å². The average molecular weight is 504 g/mol. The van der Waals surface area contributed by atoms with Gasteiger partial charge < -0.3 is 15.4 Å². The lowest BCUT2D eigenvalue weighted by Gasteiger charge is -2.16. The number of hydrogen-bond donors (Lipinski definition) is 2. The molecule has 0 spiro atoms. The van der Waals surface area contributed by atoms with Gasteiger partial charge in [0.05, 0.1) is 17.9 Å². The van der Waals surface area contributed by atoms with Crippen molar-refractivity contribution in [2.45, 2.75) is 13.8 Å². The SMILES string of the molecule is CCOC(=O)c1cccc(N2C(=O)C(Cl)=C(Nc3cccc(C(=O)Nc4ccccc4C)c3)C2=O)c1. The third-order valence-electron chi connectivity index (χ3n) is 5.43. The molecule has 9 heteroatoms. The highest BCUT2D eigenvalue weighted by Crippen LogP contribution is 2.31. The molecule has 0 fully saturated rings. The summed E-state index contributed by atoms with van der Waals surface area (Å²) < 4.78 is 4.99.